The van der Waals surface area contributed by atoms with Crippen LogP contribution in [0.4, 0.5) is 0 Å². The molecule has 7 heteroatoms. The van der Waals surface area contributed by atoms with Crippen LogP contribution in [0.1, 0.15) is 51.8 Å². The van der Waals surface area contributed by atoms with Gasteiger partial charge in [-0.25, -0.2) is 8.42 Å². The SMILES string of the molecule is CC(C)(C)n1c(C2C3C4CCC(C4)C23)nnc1S(=O)(=O)Cl. The molecule has 1 aromatic heterocycles. The van der Waals surface area contributed by atoms with Gasteiger partial charge in [0.25, 0.3) is 14.2 Å². The predicted octanol–water partition coefficient (Wildman–Crippen LogP) is 2.72. The van der Waals surface area contributed by atoms with Crippen LogP contribution in [0.2, 0.25) is 0 Å². The Hall–Kier alpha value is -0.620. The average molecular weight is 330 g/mol. The van der Waals surface area contributed by atoms with Crippen LogP contribution < -0.4 is 0 Å². The first-order valence-electron chi connectivity index (χ1n) is 7.60. The molecule has 3 aliphatic rings. The van der Waals surface area contributed by atoms with E-state index in [0.717, 1.165) is 17.7 Å². The van der Waals surface area contributed by atoms with Crippen molar-refractivity contribution in [2.24, 2.45) is 23.7 Å². The predicted molar refractivity (Wildman–Crippen MR) is 78.6 cm³/mol. The monoisotopic (exact) mass is 329 g/mol. The van der Waals surface area contributed by atoms with Gasteiger partial charge in [-0.15, -0.1) is 10.2 Å². The average Bonchev–Trinajstić information content (AvgIpc) is 2.78. The number of aromatic nitrogens is 3. The van der Waals surface area contributed by atoms with Gasteiger partial charge >= 0.3 is 0 Å². The summed E-state index contributed by atoms with van der Waals surface area (Å²) in [6.07, 6.45) is 4.01. The van der Waals surface area contributed by atoms with Gasteiger partial charge in [0.2, 0.25) is 0 Å². The van der Waals surface area contributed by atoms with E-state index in [1.807, 2.05) is 20.8 Å². The summed E-state index contributed by atoms with van der Waals surface area (Å²) in [4.78, 5) is 0. The molecule has 116 valence electrons. The maximum absolute atomic E-state index is 11.8. The minimum Gasteiger partial charge on any atom is -0.295 e. The molecule has 0 radical (unpaired) electrons. The summed E-state index contributed by atoms with van der Waals surface area (Å²) in [7, 11) is 1.67. The summed E-state index contributed by atoms with van der Waals surface area (Å²) in [5.74, 6) is 4.22. The highest BCUT2D eigenvalue weighted by Gasteiger charge is 2.67. The van der Waals surface area contributed by atoms with E-state index in [1.54, 1.807) is 4.57 Å². The molecule has 1 aromatic rings. The van der Waals surface area contributed by atoms with E-state index in [1.165, 1.54) is 19.3 Å². The number of hydrogen-bond acceptors (Lipinski definition) is 4. The minimum absolute atomic E-state index is 0.107. The van der Waals surface area contributed by atoms with Crippen LogP contribution in [0.5, 0.6) is 0 Å². The van der Waals surface area contributed by atoms with Crippen molar-refractivity contribution in [2.75, 3.05) is 0 Å². The fourth-order valence-electron chi connectivity index (χ4n) is 4.96. The molecule has 2 bridgehead atoms. The van der Waals surface area contributed by atoms with Crippen LogP contribution in [-0.4, -0.2) is 23.2 Å². The maximum Gasteiger partial charge on any atom is 0.296 e. The van der Waals surface area contributed by atoms with Crippen molar-refractivity contribution < 1.29 is 8.42 Å². The molecule has 4 atom stereocenters. The van der Waals surface area contributed by atoms with Gasteiger partial charge in [0, 0.05) is 22.1 Å². The van der Waals surface area contributed by atoms with Gasteiger partial charge in [-0.2, -0.15) is 0 Å². The lowest BCUT2D eigenvalue weighted by Gasteiger charge is -2.24. The van der Waals surface area contributed by atoms with Crippen LogP contribution in [0.15, 0.2) is 5.16 Å². The molecule has 0 spiro atoms. The number of fused-ring (bicyclic) bond motifs is 5. The molecule has 5 nitrogen and oxygen atoms in total. The third-order valence-electron chi connectivity index (χ3n) is 5.58. The van der Waals surface area contributed by atoms with E-state index in [2.05, 4.69) is 10.2 Å². The van der Waals surface area contributed by atoms with Gasteiger partial charge in [0.15, 0.2) is 0 Å². The van der Waals surface area contributed by atoms with E-state index >= 15 is 0 Å². The number of halogens is 1. The first kappa shape index (κ1) is 14.0. The highest BCUT2D eigenvalue weighted by atomic mass is 35.7. The Labute approximate surface area is 129 Å². The molecule has 4 unspecified atom stereocenters. The van der Waals surface area contributed by atoms with Crippen molar-refractivity contribution in [3.8, 4) is 0 Å². The third-order valence-corrected chi connectivity index (χ3v) is 6.70. The lowest BCUT2D eigenvalue weighted by atomic mass is 10.0. The summed E-state index contributed by atoms with van der Waals surface area (Å²) in [5.41, 5.74) is -0.397. The normalized spacial score (nSPS) is 37.8. The molecule has 0 aromatic carbocycles. The molecule has 3 saturated carbocycles. The van der Waals surface area contributed by atoms with Crippen molar-refractivity contribution in [1.29, 1.82) is 0 Å². The van der Waals surface area contributed by atoms with Crippen LogP contribution in [-0.2, 0) is 14.6 Å². The summed E-state index contributed by atoms with van der Waals surface area (Å²) >= 11 is 0. The quantitative estimate of drug-likeness (QED) is 0.782. The van der Waals surface area contributed by atoms with Crippen molar-refractivity contribution in [3.63, 3.8) is 0 Å². The molecule has 0 amide bonds. The minimum atomic E-state index is -3.88. The molecule has 0 saturated heterocycles. The van der Waals surface area contributed by atoms with Gasteiger partial charge in [0.05, 0.1) is 0 Å². The number of rotatable bonds is 2. The fourth-order valence-corrected chi connectivity index (χ4v) is 5.98. The second-order valence-electron chi connectivity index (χ2n) is 7.80. The molecule has 4 rings (SSSR count). The number of nitrogens with zero attached hydrogens (tertiary/aromatic N) is 3. The zero-order valence-electron chi connectivity index (χ0n) is 12.5. The molecule has 0 aliphatic heterocycles. The highest BCUT2D eigenvalue weighted by Crippen LogP contribution is 2.73. The lowest BCUT2D eigenvalue weighted by molar-refractivity contribution is 0.343. The summed E-state index contributed by atoms with van der Waals surface area (Å²) in [6.45, 7) is 5.91. The molecule has 3 aliphatic carbocycles. The third kappa shape index (κ3) is 1.91. The number of hydrogen-bond donors (Lipinski definition) is 0. The van der Waals surface area contributed by atoms with E-state index in [-0.39, 0.29) is 5.16 Å². The van der Waals surface area contributed by atoms with E-state index in [9.17, 15) is 8.42 Å². The molecule has 0 N–H and O–H groups in total. The topological polar surface area (TPSA) is 64.8 Å². The van der Waals surface area contributed by atoms with E-state index in [4.69, 9.17) is 10.7 Å². The summed E-state index contributed by atoms with van der Waals surface area (Å²) in [6, 6.07) is 0. The fraction of sp³-hybridized carbons (Fsp3) is 0.857. The smallest absolute Gasteiger partial charge is 0.295 e. The summed E-state index contributed by atoms with van der Waals surface area (Å²) in [5, 5.41) is 8.04. The maximum atomic E-state index is 11.8. The second kappa shape index (κ2) is 4.02. The van der Waals surface area contributed by atoms with Gasteiger partial charge in [-0.1, -0.05) is 0 Å². The van der Waals surface area contributed by atoms with Crippen molar-refractivity contribution in [2.45, 2.75) is 56.6 Å². The van der Waals surface area contributed by atoms with Gasteiger partial charge in [-0.3, -0.25) is 4.57 Å². The Morgan fingerprint density at radius 3 is 2.19 bits per heavy atom. The Morgan fingerprint density at radius 2 is 1.71 bits per heavy atom. The largest absolute Gasteiger partial charge is 0.296 e. The van der Waals surface area contributed by atoms with Crippen LogP contribution >= 0.6 is 10.7 Å². The Kier molecular flexibility index (Phi) is 2.68. The van der Waals surface area contributed by atoms with Crippen molar-refractivity contribution in [3.05, 3.63) is 5.82 Å². The molecule has 3 fully saturated rings. The first-order chi connectivity index (χ1) is 9.69. The zero-order chi connectivity index (χ0) is 15.2. The zero-order valence-corrected chi connectivity index (χ0v) is 14.0. The van der Waals surface area contributed by atoms with Crippen LogP contribution in [0, 0.1) is 23.7 Å². The van der Waals surface area contributed by atoms with Crippen molar-refractivity contribution >= 4 is 19.7 Å². The van der Waals surface area contributed by atoms with Gasteiger partial charge in [-0.05, 0) is 63.7 Å². The molecular weight excluding hydrogens is 310 g/mol. The van der Waals surface area contributed by atoms with Gasteiger partial charge in [0.1, 0.15) is 5.82 Å². The Morgan fingerprint density at radius 1 is 1.14 bits per heavy atom. The van der Waals surface area contributed by atoms with Gasteiger partial charge < -0.3 is 0 Å². The second-order valence-corrected chi connectivity index (χ2v) is 10.3. The Bertz CT molecular complexity index is 690. The standard InChI is InChI=1S/C14H20ClN3O2S/c1-14(2,3)18-12(16-17-13(18)21(15,19)20)11-9-7-4-5-8(6-7)10(9)11/h7-11H,4-6H2,1-3H3. The summed E-state index contributed by atoms with van der Waals surface area (Å²) < 4.78 is 25.3. The Balaban J connectivity index is 1.79. The van der Waals surface area contributed by atoms with Crippen molar-refractivity contribution in [1.82, 2.24) is 14.8 Å². The van der Waals surface area contributed by atoms with E-state index in [0.29, 0.717) is 17.8 Å². The molecular formula is C14H20ClN3O2S. The molecule has 1 heterocycles. The van der Waals surface area contributed by atoms with Crippen LogP contribution in [0.25, 0.3) is 0 Å². The lowest BCUT2D eigenvalue weighted by Crippen LogP contribution is -2.27. The first-order valence-corrected chi connectivity index (χ1v) is 9.91. The molecule has 21 heavy (non-hydrogen) atoms. The van der Waals surface area contributed by atoms with Crippen LogP contribution in [0.3, 0.4) is 0 Å². The van der Waals surface area contributed by atoms with E-state index < -0.39 is 14.6 Å². The highest BCUT2D eigenvalue weighted by molar-refractivity contribution is 8.13.